The number of methoxy groups -OCH3 is 2. The van der Waals surface area contributed by atoms with E-state index < -0.39 is 0 Å². The predicted molar refractivity (Wildman–Crippen MR) is 478 cm³/mol. The molecule has 0 radical (unpaired) electrons. The van der Waals surface area contributed by atoms with Crippen molar-refractivity contribution in [1.29, 1.82) is 0 Å². The summed E-state index contributed by atoms with van der Waals surface area (Å²) in [6, 6.07) is 56.5. The van der Waals surface area contributed by atoms with Gasteiger partial charge >= 0.3 is 0 Å². The number of amides is 2. The van der Waals surface area contributed by atoms with Crippen molar-refractivity contribution in [3.05, 3.63) is 283 Å². The van der Waals surface area contributed by atoms with E-state index in [0.29, 0.717) is 83.4 Å². The van der Waals surface area contributed by atoms with Crippen LogP contribution in [0.25, 0.3) is 0 Å². The molecule has 2 aliphatic carbocycles. The van der Waals surface area contributed by atoms with E-state index in [2.05, 4.69) is 110 Å². The molecule has 0 spiro atoms. The fraction of sp³-hybridized carbons (Fsp3) is 0.340. The van der Waals surface area contributed by atoms with E-state index in [4.69, 9.17) is 51.0 Å². The van der Waals surface area contributed by atoms with E-state index in [-0.39, 0.29) is 68.9 Å². The minimum absolute atomic E-state index is 0.0360. The number of ketones is 2. The molecule has 21 heteroatoms. The molecule has 6 aliphatic heterocycles. The van der Waals surface area contributed by atoms with Crippen molar-refractivity contribution >= 4 is 116 Å². The van der Waals surface area contributed by atoms with Gasteiger partial charge in [-0.2, -0.15) is 45.3 Å². The first kappa shape index (κ1) is 80.6. The van der Waals surface area contributed by atoms with Crippen LogP contribution in [0.5, 0.6) is 34.5 Å². The summed E-state index contributed by atoms with van der Waals surface area (Å²) in [7, 11) is 6.97. The molecular formula is C97H98N6O10S5+2. The molecule has 118 heavy (non-hydrogen) atoms. The molecule has 10 aromatic rings. The predicted octanol–water partition coefficient (Wildman–Crippen LogP) is 19.5. The number of carbonyl (C=O) groups excluding carboxylic acids is 4. The number of benzene rings is 8. The monoisotopic (exact) mass is 1670 g/mol. The normalized spacial score (nSPS) is 18.9. The van der Waals surface area contributed by atoms with Crippen LogP contribution in [0.2, 0.25) is 0 Å². The number of aryl methyl sites for hydroxylation is 4. The van der Waals surface area contributed by atoms with Crippen molar-refractivity contribution in [1.82, 2.24) is 0 Å². The van der Waals surface area contributed by atoms with Crippen molar-refractivity contribution in [3.63, 3.8) is 0 Å². The number of nitrogens with zero attached hydrogens (tertiary/aromatic N) is 6. The Hall–Kier alpha value is -9.77. The lowest BCUT2D eigenvalue weighted by Gasteiger charge is -2.22. The average molecular weight is 1670 g/mol. The molecule has 2 amide bonds. The topological polar surface area (TPSA) is 163 Å². The number of rotatable bonds is 24. The fourth-order valence-electron chi connectivity index (χ4n) is 18.2. The number of thiol groups is 1. The molecule has 8 heterocycles. The zero-order valence-electron chi connectivity index (χ0n) is 68.1. The molecule has 0 bridgehead atoms. The number of carbonyl (C=O) groups is 4. The highest BCUT2D eigenvalue weighted by Crippen LogP contribution is 2.46. The zero-order chi connectivity index (χ0) is 81.7. The van der Waals surface area contributed by atoms with Gasteiger partial charge < -0.3 is 28.4 Å². The Bertz CT molecular complexity index is 5680. The number of aliphatic imine (C=N–C) groups is 2. The van der Waals surface area contributed by atoms with Crippen LogP contribution in [0.15, 0.2) is 192 Å². The van der Waals surface area contributed by atoms with Gasteiger partial charge in [-0.05, 0) is 187 Å². The van der Waals surface area contributed by atoms with Gasteiger partial charge in [0.25, 0.3) is 11.8 Å². The Morgan fingerprint density at radius 1 is 0.458 bits per heavy atom. The number of aromatic nitrogens is 2. The number of hydrogen-bond acceptors (Lipinski definition) is 17. The van der Waals surface area contributed by atoms with E-state index in [1.165, 1.54) is 22.5 Å². The molecular weight excluding hydrogens is 1570 g/mol. The highest BCUT2D eigenvalue weighted by atomic mass is 33.1. The van der Waals surface area contributed by atoms with Crippen LogP contribution in [0, 0.1) is 25.7 Å². The Kier molecular flexibility index (Phi) is 23.3. The summed E-state index contributed by atoms with van der Waals surface area (Å²) in [5.41, 5.74) is 20.7. The number of fused-ring (bicyclic) bond motifs is 16. The lowest BCUT2D eigenvalue weighted by molar-refractivity contribution is -0.705. The van der Waals surface area contributed by atoms with E-state index >= 15 is 0 Å². The number of Topliss-reactive ketones (excluding diaryl/α,β-unsaturated/α-hetero) is 2. The molecule has 18 rings (SSSR count). The molecule has 0 saturated heterocycles. The standard InChI is InChI=1S/C49H50N3O5S3.C48H47N3O5S2/c1-30-16-40-41(50-25-38-20-35-10-6-7-12-42(35)52(38)48(40)54)24-43(30)56-26-31-17-32(19-33(18-31)28-59-29-49(2,3)60-58-5)27-57-45-22-34-13-14-36-21-37-11-8-9-15-51(37)46(36)47(53)39(34)23-44(45)55-4;1-29-15-39-40(49-24-37-19-34-9-5-6-11-41(34)51(37)47(39)53)23-42(29)55-25-30-16-31(18-32(17-30)27-58-28-48(2,3)57)26-56-44-21-33-12-13-35-20-36-10-7-8-14-50(36)45(35)46(52)38(33)22-43(44)54-4/h6-12,15-19,22-25,36,38,46H,13-14,20-21,26-29H2,1-5H3;5-11,14-18,21-24,35,37,45H,12-13,19-20,25-28H2,1-4H3/q+1;/p+1/t36-,38+,46?;35-,37+,45?/m11/s1. The van der Waals surface area contributed by atoms with Gasteiger partial charge in [0.15, 0.2) is 46.8 Å². The second-order valence-electron chi connectivity index (χ2n) is 33.4. The van der Waals surface area contributed by atoms with Crippen LogP contribution in [0.3, 0.4) is 0 Å². The summed E-state index contributed by atoms with van der Waals surface area (Å²) >= 11 is 8.52. The summed E-state index contributed by atoms with van der Waals surface area (Å²) in [6.45, 7) is 14.1. The van der Waals surface area contributed by atoms with Gasteiger partial charge in [0.05, 0.1) is 48.8 Å². The van der Waals surface area contributed by atoms with Gasteiger partial charge in [-0.1, -0.05) is 108 Å². The molecule has 0 fully saturated rings. The Balaban J connectivity index is 0.000000169. The van der Waals surface area contributed by atoms with Gasteiger partial charge in [0.1, 0.15) is 37.9 Å². The molecule has 16 nitrogen and oxygen atoms in total. The quantitative estimate of drug-likeness (QED) is 0.0345. The maximum atomic E-state index is 14.1. The van der Waals surface area contributed by atoms with Crippen LogP contribution in [-0.2, 0) is 76.5 Å². The van der Waals surface area contributed by atoms with E-state index in [1.807, 2.05) is 186 Å². The lowest BCUT2D eigenvalue weighted by Crippen LogP contribution is -2.43. The number of pyridine rings is 2. The number of para-hydroxylation sites is 2. The maximum Gasteiger partial charge on any atom is 0.261 e. The van der Waals surface area contributed by atoms with Crippen molar-refractivity contribution in [2.45, 2.75) is 165 Å². The summed E-state index contributed by atoms with van der Waals surface area (Å²) in [4.78, 5) is 69.4. The average Bonchev–Trinajstić information content (AvgIpc) is 1.62. The van der Waals surface area contributed by atoms with Gasteiger partial charge in [0.2, 0.25) is 23.7 Å². The van der Waals surface area contributed by atoms with Crippen LogP contribution in [0.4, 0.5) is 22.7 Å². The third-order valence-electron chi connectivity index (χ3n) is 23.6. The summed E-state index contributed by atoms with van der Waals surface area (Å²) in [6.07, 6.45) is 16.8. The van der Waals surface area contributed by atoms with Crippen LogP contribution >= 0.6 is 57.7 Å². The number of anilines is 2. The van der Waals surface area contributed by atoms with E-state index in [1.54, 1.807) is 25.0 Å². The lowest BCUT2D eigenvalue weighted by atomic mass is 9.93. The molecule has 0 N–H and O–H groups in total. The van der Waals surface area contributed by atoms with Crippen LogP contribution in [-0.4, -0.2) is 89.4 Å². The molecule has 2 aromatic heterocycles. The first-order valence-electron chi connectivity index (χ1n) is 40.6. The molecule has 8 aliphatic rings. The molecule has 2 unspecified atom stereocenters. The highest BCUT2D eigenvalue weighted by molar-refractivity contribution is 8.77. The van der Waals surface area contributed by atoms with Crippen LogP contribution < -0.4 is 47.4 Å². The third kappa shape index (κ3) is 16.8. The molecule has 604 valence electrons. The Labute approximate surface area is 713 Å². The smallest absolute Gasteiger partial charge is 0.261 e. The minimum atomic E-state index is -0.191. The van der Waals surface area contributed by atoms with Gasteiger partial charge in [-0.25, -0.2) is 0 Å². The summed E-state index contributed by atoms with van der Waals surface area (Å²) in [5, 5.41) is 0. The van der Waals surface area contributed by atoms with E-state index in [9.17, 15) is 19.2 Å². The maximum absolute atomic E-state index is 14.1. The second kappa shape index (κ2) is 34.2. The first-order valence-corrected chi connectivity index (χ1v) is 46.0. The second-order valence-corrected chi connectivity index (χ2v) is 39.7. The van der Waals surface area contributed by atoms with Crippen molar-refractivity contribution < 1.29 is 56.7 Å². The zero-order valence-corrected chi connectivity index (χ0v) is 72.3. The summed E-state index contributed by atoms with van der Waals surface area (Å²) < 4.78 is 42.3. The first-order chi connectivity index (χ1) is 57.1. The summed E-state index contributed by atoms with van der Waals surface area (Å²) in [5.74, 6) is 8.10. The third-order valence-corrected chi connectivity index (χ3v) is 29.7. The molecule has 6 atom stereocenters. The highest BCUT2D eigenvalue weighted by Gasteiger charge is 2.49. The minimum Gasteiger partial charge on any atom is -0.493 e. The Morgan fingerprint density at radius 2 is 0.864 bits per heavy atom. The number of hydrogen-bond donors (Lipinski definition) is 1. The van der Waals surface area contributed by atoms with Gasteiger partial charge in [-0.15, -0.1) is 0 Å². The Morgan fingerprint density at radius 3 is 1.29 bits per heavy atom. The van der Waals surface area contributed by atoms with Gasteiger partial charge in [0, 0.05) is 141 Å². The van der Waals surface area contributed by atoms with Crippen LogP contribution in [0.1, 0.15) is 172 Å². The molecule has 8 aromatic carbocycles. The number of ether oxygens (including phenoxy) is 6. The molecule has 0 saturated carbocycles. The van der Waals surface area contributed by atoms with Crippen molar-refractivity contribution in [2.75, 3.05) is 41.8 Å². The van der Waals surface area contributed by atoms with E-state index in [0.717, 1.165) is 153 Å². The van der Waals surface area contributed by atoms with Gasteiger partial charge in [-0.3, -0.25) is 39.0 Å². The number of thioether (sulfide) groups is 2. The SMILES string of the molecule is COc1cc2c(cc1OCc1cc(COc3cc4c(cc3C)C(=O)N3c5ccccc5C[C@H]3C=N4)cc(CSCC(C)(C)S)c1)CC[C@@H]1Cc3cccc[n+]3C1C2=O.COc1cc2c(cc1OCc1cc(COc3cc4c(cc3C)C(=O)N3c5ccccc5C[C@H]3C=N4)cc(CSCC(C)(C)SSC)c1)CC[C@@H]1Cc3cccc[n+]3C1C2=O. The largest absolute Gasteiger partial charge is 0.493 e. The van der Waals surface area contributed by atoms with Crippen molar-refractivity contribution in [3.8, 4) is 34.5 Å². The van der Waals surface area contributed by atoms with Crippen molar-refractivity contribution in [2.24, 2.45) is 21.8 Å². The fourth-order valence-corrected chi connectivity index (χ4v) is 23.2.